The van der Waals surface area contributed by atoms with E-state index in [1.165, 1.54) is 18.4 Å². The fourth-order valence-corrected chi connectivity index (χ4v) is 3.24. The van der Waals surface area contributed by atoms with Crippen molar-refractivity contribution < 1.29 is 4.74 Å². The molecule has 3 nitrogen and oxygen atoms in total. The number of para-hydroxylation sites is 1. The van der Waals surface area contributed by atoms with Crippen molar-refractivity contribution in [3.63, 3.8) is 0 Å². The van der Waals surface area contributed by atoms with Gasteiger partial charge in [0, 0.05) is 6.04 Å². The zero-order valence-corrected chi connectivity index (χ0v) is 13.8. The van der Waals surface area contributed by atoms with Crippen molar-refractivity contribution in [1.82, 2.24) is 10.2 Å². The zero-order chi connectivity index (χ0) is 15.1. The molecule has 0 amide bonds. The van der Waals surface area contributed by atoms with Crippen LogP contribution in [0.4, 0.5) is 0 Å². The Balaban J connectivity index is 1.99. The van der Waals surface area contributed by atoms with Crippen molar-refractivity contribution >= 4 is 0 Å². The molecule has 0 unspecified atom stereocenters. The summed E-state index contributed by atoms with van der Waals surface area (Å²) < 4.78 is 6.17. The summed E-state index contributed by atoms with van der Waals surface area (Å²) in [6, 6.07) is 9.06. The number of hydrogen-bond acceptors (Lipinski definition) is 3. The maximum Gasteiger partial charge on any atom is 0.122 e. The minimum absolute atomic E-state index is 0.459. The normalized spacial score (nSPS) is 17.9. The van der Waals surface area contributed by atoms with Crippen molar-refractivity contribution in [3.8, 4) is 5.75 Å². The highest BCUT2D eigenvalue weighted by molar-refractivity contribution is 5.36. The van der Waals surface area contributed by atoms with E-state index >= 15 is 0 Å². The second-order valence-electron chi connectivity index (χ2n) is 5.94. The van der Waals surface area contributed by atoms with Crippen molar-refractivity contribution in [2.45, 2.75) is 45.6 Å². The van der Waals surface area contributed by atoms with E-state index in [0.717, 1.165) is 38.5 Å². The van der Waals surface area contributed by atoms with E-state index in [2.05, 4.69) is 55.3 Å². The molecule has 2 rings (SSSR count). The molecular formula is C18H30N2O. The number of benzene rings is 1. The Morgan fingerprint density at radius 3 is 2.52 bits per heavy atom. The van der Waals surface area contributed by atoms with Gasteiger partial charge in [-0.15, -0.1) is 0 Å². The van der Waals surface area contributed by atoms with Crippen LogP contribution in [0, 0.1) is 0 Å². The highest BCUT2D eigenvalue weighted by Crippen LogP contribution is 2.32. The first-order chi connectivity index (χ1) is 10.3. The molecule has 1 heterocycles. The minimum Gasteiger partial charge on any atom is -0.492 e. The number of hydrogen-bond donors (Lipinski definition) is 1. The van der Waals surface area contributed by atoms with Crippen LogP contribution in [0.5, 0.6) is 5.75 Å². The fraction of sp³-hybridized carbons (Fsp3) is 0.667. The molecule has 3 heteroatoms. The SMILES string of the molecule is CCN(CC)[C@H](C)COc1ccccc1C1CCNCC1. The molecule has 0 radical (unpaired) electrons. The molecule has 1 aromatic rings. The lowest BCUT2D eigenvalue weighted by molar-refractivity contribution is 0.157. The topological polar surface area (TPSA) is 24.5 Å². The lowest BCUT2D eigenvalue weighted by Crippen LogP contribution is -2.37. The van der Waals surface area contributed by atoms with Gasteiger partial charge in [-0.2, -0.15) is 0 Å². The predicted octanol–water partition coefficient (Wildman–Crippen LogP) is 3.26. The third-order valence-corrected chi connectivity index (χ3v) is 4.61. The number of ether oxygens (including phenoxy) is 1. The van der Waals surface area contributed by atoms with Crippen LogP contribution in [0.25, 0.3) is 0 Å². The van der Waals surface area contributed by atoms with Crippen LogP contribution < -0.4 is 10.1 Å². The molecule has 1 aromatic carbocycles. The zero-order valence-electron chi connectivity index (χ0n) is 13.8. The van der Waals surface area contributed by atoms with Crippen molar-refractivity contribution in [2.24, 2.45) is 0 Å². The van der Waals surface area contributed by atoms with E-state index in [1.54, 1.807) is 0 Å². The molecule has 1 fully saturated rings. The summed E-state index contributed by atoms with van der Waals surface area (Å²) in [6.45, 7) is 11.8. The van der Waals surface area contributed by atoms with Gasteiger partial charge in [0.2, 0.25) is 0 Å². The minimum atomic E-state index is 0.459. The standard InChI is InChI=1S/C18H30N2O/c1-4-20(5-2)15(3)14-21-18-9-7-6-8-17(18)16-10-12-19-13-11-16/h6-9,15-16,19H,4-5,10-14H2,1-3H3/t15-/m1/s1. The summed E-state index contributed by atoms with van der Waals surface area (Å²) in [5, 5.41) is 3.44. The Bertz CT molecular complexity index is 411. The molecule has 0 aromatic heterocycles. The highest BCUT2D eigenvalue weighted by atomic mass is 16.5. The van der Waals surface area contributed by atoms with Gasteiger partial charge in [0.1, 0.15) is 12.4 Å². The van der Waals surface area contributed by atoms with Gasteiger partial charge in [0.25, 0.3) is 0 Å². The molecular weight excluding hydrogens is 260 g/mol. The molecule has 118 valence electrons. The molecule has 0 spiro atoms. The van der Waals surface area contributed by atoms with Crippen LogP contribution in [-0.4, -0.2) is 43.7 Å². The number of piperidine rings is 1. The maximum absolute atomic E-state index is 6.17. The summed E-state index contributed by atoms with van der Waals surface area (Å²) in [6.07, 6.45) is 2.43. The first-order valence-electron chi connectivity index (χ1n) is 8.42. The highest BCUT2D eigenvalue weighted by Gasteiger charge is 2.19. The van der Waals surface area contributed by atoms with E-state index in [0.29, 0.717) is 12.0 Å². The van der Waals surface area contributed by atoms with Crippen LogP contribution in [0.3, 0.4) is 0 Å². The van der Waals surface area contributed by atoms with Crippen molar-refractivity contribution in [3.05, 3.63) is 29.8 Å². The molecule has 1 aliphatic rings. The van der Waals surface area contributed by atoms with E-state index in [4.69, 9.17) is 4.74 Å². The molecule has 0 saturated carbocycles. The average molecular weight is 290 g/mol. The lowest BCUT2D eigenvalue weighted by Gasteiger charge is -2.28. The Kier molecular flexibility index (Phi) is 6.52. The second kappa shape index (κ2) is 8.40. The fourth-order valence-electron chi connectivity index (χ4n) is 3.24. The number of nitrogens with one attached hydrogen (secondary N) is 1. The van der Waals surface area contributed by atoms with E-state index in [9.17, 15) is 0 Å². The van der Waals surface area contributed by atoms with Gasteiger partial charge in [-0.25, -0.2) is 0 Å². The first kappa shape index (κ1) is 16.3. The number of likely N-dealkylation sites (N-methyl/N-ethyl adjacent to an activating group) is 1. The van der Waals surface area contributed by atoms with E-state index in [1.807, 2.05) is 0 Å². The Morgan fingerprint density at radius 2 is 1.86 bits per heavy atom. The van der Waals surface area contributed by atoms with Crippen LogP contribution in [0.1, 0.15) is 45.1 Å². The van der Waals surface area contributed by atoms with Gasteiger partial charge in [0.05, 0.1) is 0 Å². The molecule has 1 saturated heterocycles. The molecule has 1 aliphatic heterocycles. The predicted molar refractivity (Wildman–Crippen MR) is 89.2 cm³/mol. The summed E-state index contributed by atoms with van der Waals surface area (Å²) in [7, 11) is 0. The summed E-state index contributed by atoms with van der Waals surface area (Å²) >= 11 is 0. The third kappa shape index (κ3) is 4.45. The van der Waals surface area contributed by atoms with Crippen molar-refractivity contribution in [1.29, 1.82) is 0 Å². The molecule has 0 aliphatic carbocycles. The lowest BCUT2D eigenvalue weighted by atomic mass is 9.89. The van der Waals surface area contributed by atoms with Gasteiger partial charge in [-0.3, -0.25) is 4.90 Å². The molecule has 21 heavy (non-hydrogen) atoms. The van der Waals surface area contributed by atoms with Gasteiger partial charge in [0.15, 0.2) is 0 Å². The van der Waals surface area contributed by atoms with Gasteiger partial charge in [-0.05, 0) is 63.5 Å². The van der Waals surface area contributed by atoms with Crippen LogP contribution in [0.2, 0.25) is 0 Å². The monoisotopic (exact) mass is 290 g/mol. The Hall–Kier alpha value is -1.06. The van der Waals surface area contributed by atoms with Gasteiger partial charge in [-0.1, -0.05) is 32.0 Å². The number of rotatable bonds is 7. The third-order valence-electron chi connectivity index (χ3n) is 4.61. The summed E-state index contributed by atoms with van der Waals surface area (Å²) in [5.74, 6) is 1.73. The van der Waals surface area contributed by atoms with Gasteiger partial charge >= 0.3 is 0 Å². The van der Waals surface area contributed by atoms with Gasteiger partial charge < -0.3 is 10.1 Å². The summed E-state index contributed by atoms with van der Waals surface area (Å²) in [4.78, 5) is 2.44. The van der Waals surface area contributed by atoms with E-state index in [-0.39, 0.29) is 0 Å². The first-order valence-corrected chi connectivity index (χ1v) is 8.42. The maximum atomic E-state index is 6.17. The molecule has 1 N–H and O–H groups in total. The molecule has 1 atom stereocenters. The Morgan fingerprint density at radius 1 is 1.19 bits per heavy atom. The summed E-state index contributed by atoms with van der Waals surface area (Å²) in [5.41, 5.74) is 1.39. The Labute approximate surface area is 129 Å². The quantitative estimate of drug-likeness (QED) is 0.834. The van der Waals surface area contributed by atoms with Crippen LogP contribution in [0.15, 0.2) is 24.3 Å². The average Bonchev–Trinajstić information content (AvgIpc) is 2.55. The largest absolute Gasteiger partial charge is 0.492 e. The van der Waals surface area contributed by atoms with Crippen LogP contribution >= 0.6 is 0 Å². The smallest absolute Gasteiger partial charge is 0.122 e. The van der Waals surface area contributed by atoms with Crippen molar-refractivity contribution in [2.75, 3.05) is 32.8 Å². The second-order valence-corrected chi connectivity index (χ2v) is 5.94. The molecule has 0 bridgehead atoms. The number of nitrogens with zero attached hydrogens (tertiary/aromatic N) is 1. The van der Waals surface area contributed by atoms with Crippen LogP contribution in [-0.2, 0) is 0 Å². The van der Waals surface area contributed by atoms with E-state index < -0.39 is 0 Å².